The summed E-state index contributed by atoms with van der Waals surface area (Å²) in [6.45, 7) is 3.68. The average Bonchev–Trinajstić information content (AvgIpc) is 2.31. The predicted molar refractivity (Wildman–Crippen MR) is 69.9 cm³/mol. The number of aliphatic carboxylic acids is 1. The molecule has 0 aliphatic carbocycles. The van der Waals surface area contributed by atoms with Gasteiger partial charge >= 0.3 is 5.97 Å². The fraction of sp³-hybridized carbons (Fsp3) is 0.643. The van der Waals surface area contributed by atoms with Crippen molar-refractivity contribution in [1.82, 2.24) is 0 Å². The summed E-state index contributed by atoms with van der Waals surface area (Å²) in [7, 11) is 0. The van der Waals surface area contributed by atoms with E-state index in [1.54, 1.807) is 6.08 Å². The van der Waals surface area contributed by atoms with Crippen LogP contribution in [-0.4, -0.2) is 22.3 Å². The molecule has 2 N–H and O–H groups in total. The highest BCUT2D eigenvalue weighted by atomic mass is 16.4. The molecular formula is C14H24O3. The largest absolute Gasteiger partial charge is 0.479 e. The lowest BCUT2D eigenvalue weighted by atomic mass is 10.1. The molecule has 0 aromatic heterocycles. The molecule has 0 saturated carbocycles. The van der Waals surface area contributed by atoms with Gasteiger partial charge in [-0.15, -0.1) is 6.58 Å². The summed E-state index contributed by atoms with van der Waals surface area (Å²) >= 11 is 0. The molecule has 17 heavy (non-hydrogen) atoms. The van der Waals surface area contributed by atoms with E-state index in [9.17, 15) is 4.79 Å². The lowest BCUT2D eigenvalue weighted by molar-refractivity contribution is -0.146. The second-order valence-electron chi connectivity index (χ2n) is 4.19. The standard InChI is InChI=1S/C14H24O3/c1-2-3-4-5-6-7-8-9-10-11-12-13(15)14(16)17/h2,10-11,13,15H,1,3-9,12H2,(H,16,17). The van der Waals surface area contributed by atoms with Gasteiger partial charge in [-0.2, -0.15) is 0 Å². The Bertz CT molecular complexity index is 234. The third-order valence-corrected chi connectivity index (χ3v) is 2.59. The third-order valence-electron chi connectivity index (χ3n) is 2.59. The number of carboxylic acid groups (broad SMARTS) is 1. The van der Waals surface area contributed by atoms with Crippen molar-refractivity contribution in [3.63, 3.8) is 0 Å². The highest BCUT2D eigenvalue weighted by Gasteiger charge is 2.09. The van der Waals surface area contributed by atoms with E-state index in [0.29, 0.717) is 0 Å². The Morgan fingerprint density at radius 1 is 1.06 bits per heavy atom. The molecule has 1 atom stereocenters. The Labute approximate surface area is 104 Å². The lowest BCUT2D eigenvalue weighted by Gasteiger charge is -2.00. The molecule has 0 saturated heterocycles. The molecule has 0 bridgehead atoms. The van der Waals surface area contributed by atoms with E-state index in [1.165, 1.54) is 25.7 Å². The first-order valence-electron chi connectivity index (χ1n) is 6.35. The maximum absolute atomic E-state index is 10.3. The van der Waals surface area contributed by atoms with Crippen LogP contribution in [0.5, 0.6) is 0 Å². The van der Waals surface area contributed by atoms with E-state index in [4.69, 9.17) is 10.2 Å². The average molecular weight is 240 g/mol. The van der Waals surface area contributed by atoms with E-state index < -0.39 is 12.1 Å². The fourth-order valence-electron chi connectivity index (χ4n) is 1.52. The Hall–Kier alpha value is -1.09. The SMILES string of the molecule is C=CCCCCCCCC=CCC(O)C(=O)O. The van der Waals surface area contributed by atoms with E-state index in [2.05, 4.69) is 6.58 Å². The van der Waals surface area contributed by atoms with Gasteiger partial charge in [-0.25, -0.2) is 4.79 Å². The van der Waals surface area contributed by atoms with Crippen molar-refractivity contribution in [2.24, 2.45) is 0 Å². The second kappa shape index (κ2) is 11.4. The first kappa shape index (κ1) is 15.9. The highest BCUT2D eigenvalue weighted by Crippen LogP contribution is 2.08. The van der Waals surface area contributed by atoms with Crippen LogP contribution in [0.25, 0.3) is 0 Å². The van der Waals surface area contributed by atoms with Crippen LogP contribution in [0.3, 0.4) is 0 Å². The number of aliphatic hydroxyl groups is 1. The van der Waals surface area contributed by atoms with E-state index >= 15 is 0 Å². The molecule has 0 aromatic carbocycles. The van der Waals surface area contributed by atoms with Crippen LogP contribution >= 0.6 is 0 Å². The van der Waals surface area contributed by atoms with Gasteiger partial charge in [0.15, 0.2) is 6.10 Å². The summed E-state index contributed by atoms with van der Waals surface area (Å²) in [6.07, 6.45) is 12.7. The molecule has 0 fully saturated rings. The van der Waals surface area contributed by atoms with Crippen LogP contribution < -0.4 is 0 Å². The number of carbonyl (C=O) groups is 1. The number of hydrogen-bond donors (Lipinski definition) is 2. The maximum atomic E-state index is 10.3. The number of aliphatic hydroxyl groups excluding tert-OH is 1. The Morgan fingerprint density at radius 2 is 1.65 bits per heavy atom. The van der Waals surface area contributed by atoms with Gasteiger partial charge in [0.25, 0.3) is 0 Å². The lowest BCUT2D eigenvalue weighted by Crippen LogP contribution is -2.17. The molecule has 1 unspecified atom stereocenters. The number of hydrogen-bond acceptors (Lipinski definition) is 2. The summed E-state index contributed by atoms with van der Waals surface area (Å²) < 4.78 is 0. The van der Waals surface area contributed by atoms with Gasteiger partial charge in [-0.05, 0) is 25.7 Å². The zero-order valence-electron chi connectivity index (χ0n) is 10.5. The first-order chi connectivity index (χ1) is 8.18. The van der Waals surface area contributed by atoms with Gasteiger partial charge < -0.3 is 10.2 Å². The minimum atomic E-state index is -1.26. The summed E-state index contributed by atoms with van der Waals surface area (Å²) in [4.78, 5) is 10.3. The molecule has 0 radical (unpaired) electrons. The highest BCUT2D eigenvalue weighted by molar-refractivity contribution is 5.72. The number of allylic oxidation sites excluding steroid dienone is 2. The minimum absolute atomic E-state index is 0.203. The summed E-state index contributed by atoms with van der Waals surface area (Å²) in [5.74, 6) is -1.16. The molecule has 0 aromatic rings. The molecule has 3 nitrogen and oxygen atoms in total. The van der Waals surface area contributed by atoms with E-state index in [-0.39, 0.29) is 6.42 Å². The third kappa shape index (κ3) is 11.2. The molecule has 98 valence electrons. The zero-order chi connectivity index (χ0) is 12.9. The molecule has 0 heterocycles. The van der Waals surface area contributed by atoms with Crippen LogP contribution in [0.15, 0.2) is 24.8 Å². The Balaban J connectivity index is 3.24. The Kier molecular flexibility index (Phi) is 10.7. The molecule has 0 amide bonds. The normalized spacial score (nSPS) is 12.8. The van der Waals surface area contributed by atoms with Crippen LogP contribution in [0.1, 0.15) is 51.4 Å². The van der Waals surface area contributed by atoms with Gasteiger partial charge in [0.05, 0.1) is 0 Å². The minimum Gasteiger partial charge on any atom is -0.479 e. The van der Waals surface area contributed by atoms with Gasteiger partial charge in [0.2, 0.25) is 0 Å². The molecule has 0 rings (SSSR count). The molecular weight excluding hydrogens is 216 g/mol. The Morgan fingerprint density at radius 3 is 2.24 bits per heavy atom. The van der Waals surface area contributed by atoms with Crippen molar-refractivity contribution in [3.05, 3.63) is 24.8 Å². The molecule has 3 heteroatoms. The number of carboxylic acids is 1. The molecule has 0 spiro atoms. The van der Waals surface area contributed by atoms with Crippen molar-refractivity contribution in [2.75, 3.05) is 0 Å². The van der Waals surface area contributed by atoms with Gasteiger partial charge in [0, 0.05) is 6.42 Å². The van der Waals surface area contributed by atoms with Crippen molar-refractivity contribution >= 4 is 5.97 Å². The quantitative estimate of drug-likeness (QED) is 0.430. The van der Waals surface area contributed by atoms with E-state index in [1.807, 2.05) is 12.2 Å². The monoisotopic (exact) mass is 240 g/mol. The molecule has 0 aliphatic heterocycles. The van der Waals surface area contributed by atoms with Crippen LogP contribution in [-0.2, 0) is 4.79 Å². The summed E-state index contributed by atoms with van der Waals surface area (Å²) in [6, 6.07) is 0. The summed E-state index contributed by atoms with van der Waals surface area (Å²) in [5, 5.41) is 17.4. The van der Waals surface area contributed by atoms with Crippen molar-refractivity contribution < 1.29 is 15.0 Å². The smallest absolute Gasteiger partial charge is 0.332 e. The fourth-order valence-corrected chi connectivity index (χ4v) is 1.52. The zero-order valence-corrected chi connectivity index (χ0v) is 10.5. The van der Waals surface area contributed by atoms with Crippen molar-refractivity contribution in [1.29, 1.82) is 0 Å². The predicted octanol–water partition coefficient (Wildman–Crippen LogP) is 3.29. The summed E-state index contributed by atoms with van der Waals surface area (Å²) in [5.41, 5.74) is 0. The van der Waals surface area contributed by atoms with Crippen LogP contribution in [0, 0.1) is 0 Å². The first-order valence-corrected chi connectivity index (χ1v) is 6.35. The van der Waals surface area contributed by atoms with Gasteiger partial charge in [0.1, 0.15) is 0 Å². The van der Waals surface area contributed by atoms with Crippen molar-refractivity contribution in [2.45, 2.75) is 57.5 Å². The van der Waals surface area contributed by atoms with Crippen molar-refractivity contribution in [3.8, 4) is 0 Å². The number of rotatable bonds is 11. The van der Waals surface area contributed by atoms with Crippen LogP contribution in [0.4, 0.5) is 0 Å². The maximum Gasteiger partial charge on any atom is 0.332 e. The second-order valence-corrected chi connectivity index (χ2v) is 4.19. The van der Waals surface area contributed by atoms with Gasteiger partial charge in [-0.1, -0.05) is 37.5 Å². The van der Waals surface area contributed by atoms with Crippen LogP contribution in [0.2, 0.25) is 0 Å². The number of unbranched alkanes of at least 4 members (excludes halogenated alkanes) is 6. The van der Waals surface area contributed by atoms with Gasteiger partial charge in [-0.3, -0.25) is 0 Å². The van der Waals surface area contributed by atoms with E-state index in [0.717, 1.165) is 19.3 Å². The molecule has 0 aliphatic rings. The topological polar surface area (TPSA) is 57.5 Å².